The summed E-state index contributed by atoms with van der Waals surface area (Å²) in [5, 5.41) is 21.3. The van der Waals surface area contributed by atoms with E-state index in [1.165, 1.54) is 25.3 Å². The predicted molar refractivity (Wildman–Crippen MR) is 75.7 cm³/mol. The Morgan fingerprint density at radius 3 is 2.71 bits per heavy atom. The van der Waals surface area contributed by atoms with Crippen LogP contribution in [-0.4, -0.2) is 29.0 Å². The first kappa shape index (κ1) is 14.6. The molecular weight excluding hydrogens is 274 g/mol. The molecule has 0 bridgehead atoms. The number of carbonyl (C=O) groups is 2. The van der Waals surface area contributed by atoms with Crippen molar-refractivity contribution in [1.82, 2.24) is 5.32 Å². The first-order valence-electron chi connectivity index (χ1n) is 6.32. The van der Waals surface area contributed by atoms with Crippen molar-refractivity contribution in [1.29, 1.82) is 0 Å². The Morgan fingerprint density at radius 1 is 1.33 bits per heavy atom. The molecule has 110 valence electrons. The first-order chi connectivity index (χ1) is 10.0. The van der Waals surface area contributed by atoms with E-state index in [2.05, 4.69) is 5.32 Å². The molecule has 2 rings (SSSR count). The number of Topliss-reactive ketones (excluding diaryl/α,β-unsaturated/α-hetero) is 1. The number of ketones is 1. The van der Waals surface area contributed by atoms with Gasteiger partial charge in [-0.15, -0.1) is 0 Å². The zero-order valence-electron chi connectivity index (χ0n) is 11.4. The smallest absolute Gasteiger partial charge is 0.248 e. The van der Waals surface area contributed by atoms with Gasteiger partial charge in [0.25, 0.3) is 0 Å². The van der Waals surface area contributed by atoms with Crippen molar-refractivity contribution in [3.8, 4) is 11.5 Å². The molecule has 0 heterocycles. The van der Waals surface area contributed by atoms with Crippen molar-refractivity contribution < 1.29 is 24.5 Å². The standard InChI is InChI=1S/C15H15NO5/c1-21-13-8-9(2-4-10(13)17)3-7-14(20)16-15-11(18)5-6-12(15)19/h2-4,7-8,17-18H,5-6H2,1H3,(H,16,20). The van der Waals surface area contributed by atoms with Gasteiger partial charge in [0.2, 0.25) is 5.91 Å². The second-order valence-electron chi connectivity index (χ2n) is 4.50. The number of ether oxygens (including phenoxy) is 1. The van der Waals surface area contributed by atoms with Crippen LogP contribution < -0.4 is 10.1 Å². The van der Waals surface area contributed by atoms with Gasteiger partial charge >= 0.3 is 0 Å². The van der Waals surface area contributed by atoms with E-state index in [0.717, 1.165) is 0 Å². The largest absolute Gasteiger partial charge is 0.510 e. The fraction of sp³-hybridized carbons (Fsp3) is 0.200. The number of aromatic hydroxyl groups is 1. The predicted octanol–water partition coefficient (Wildman–Crippen LogP) is 1.66. The number of benzene rings is 1. The average Bonchev–Trinajstić information content (AvgIpc) is 2.78. The van der Waals surface area contributed by atoms with Crippen LogP contribution >= 0.6 is 0 Å². The van der Waals surface area contributed by atoms with Crippen LogP contribution in [0.3, 0.4) is 0 Å². The van der Waals surface area contributed by atoms with Gasteiger partial charge < -0.3 is 20.3 Å². The van der Waals surface area contributed by atoms with Gasteiger partial charge in [-0.2, -0.15) is 0 Å². The van der Waals surface area contributed by atoms with Crippen LogP contribution in [0, 0.1) is 0 Å². The normalized spacial score (nSPS) is 14.8. The summed E-state index contributed by atoms with van der Waals surface area (Å²) in [5.74, 6) is -0.581. The molecule has 6 nitrogen and oxygen atoms in total. The van der Waals surface area contributed by atoms with E-state index in [4.69, 9.17) is 4.74 Å². The number of rotatable bonds is 4. The number of aliphatic hydroxyl groups is 1. The molecule has 0 aliphatic heterocycles. The monoisotopic (exact) mass is 289 g/mol. The zero-order chi connectivity index (χ0) is 15.4. The van der Waals surface area contributed by atoms with E-state index in [1.54, 1.807) is 12.1 Å². The fourth-order valence-electron chi connectivity index (χ4n) is 1.92. The van der Waals surface area contributed by atoms with Crippen LogP contribution in [0.1, 0.15) is 18.4 Å². The van der Waals surface area contributed by atoms with E-state index in [0.29, 0.717) is 11.3 Å². The third kappa shape index (κ3) is 3.42. The lowest BCUT2D eigenvalue weighted by Gasteiger charge is -2.04. The molecule has 0 spiro atoms. The van der Waals surface area contributed by atoms with Gasteiger partial charge in [-0.3, -0.25) is 9.59 Å². The lowest BCUT2D eigenvalue weighted by Crippen LogP contribution is -2.24. The number of methoxy groups -OCH3 is 1. The van der Waals surface area contributed by atoms with E-state index in [-0.39, 0.29) is 35.8 Å². The molecule has 0 fully saturated rings. The highest BCUT2D eigenvalue weighted by molar-refractivity contribution is 6.04. The number of hydrogen-bond donors (Lipinski definition) is 3. The SMILES string of the molecule is COc1cc(C=CC(=O)NC2=C(O)CCC2=O)ccc1O. The average molecular weight is 289 g/mol. The molecule has 0 saturated carbocycles. The highest BCUT2D eigenvalue weighted by Gasteiger charge is 2.23. The van der Waals surface area contributed by atoms with Crippen LogP contribution in [0.25, 0.3) is 6.08 Å². The van der Waals surface area contributed by atoms with Crippen molar-refractivity contribution >= 4 is 17.8 Å². The maximum Gasteiger partial charge on any atom is 0.248 e. The molecule has 3 N–H and O–H groups in total. The molecule has 1 amide bonds. The molecule has 1 aromatic rings. The maximum atomic E-state index is 11.7. The Hall–Kier alpha value is -2.76. The molecule has 21 heavy (non-hydrogen) atoms. The number of aliphatic hydroxyl groups excluding tert-OH is 1. The van der Waals surface area contributed by atoms with Gasteiger partial charge in [-0.05, 0) is 23.8 Å². The van der Waals surface area contributed by atoms with Crippen molar-refractivity contribution in [2.75, 3.05) is 7.11 Å². The maximum absolute atomic E-state index is 11.7. The third-order valence-electron chi connectivity index (χ3n) is 3.04. The number of carbonyl (C=O) groups excluding carboxylic acids is 2. The number of hydrogen-bond acceptors (Lipinski definition) is 5. The molecular formula is C15H15NO5. The van der Waals surface area contributed by atoms with Crippen LogP contribution in [-0.2, 0) is 9.59 Å². The van der Waals surface area contributed by atoms with Gasteiger partial charge in [0.1, 0.15) is 11.5 Å². The second-order valence-corrected chi connectivity index (χ2v) is 4.50. The van der Waals surface area contributed by atoms with Crippen LogP contribution in [0.4, 0.5) is 0 Å². The third-order valence-corrected chi connectivity index (χ3v) is 3.04. The molecule has 1 aliphatic rings. The Morgan fingerprint density at radius 2 is 2.10 bits per heavy atom. The molecule has 0 saturated heterocycles. The minimum Gasteiger partial charge on any atom is -0.510 e. The molecule has 1 aromatic carbocycles. The molecule has 0 unspecified atom stereocenters. The number of phenolic OH excluding ortho intramolecular Hbond substituents is 1. The van der Waals surface area contributed by atoms with Crippen molar-refractivity contribution in [3.63, 3.8) is 0 Å². The summed E-state index contributed by atoms with van der Waals surface area (Å²) in [7, 11) is 1.43. The Balaban J connectivity index is 2.06. The van der Waals surface area contributed by atoms with E-state index >= 15 is 0 Å². The summed E-state index contributed by atoms with van der Waals surface area (Å²) in [6.07, 6.45) is 3.21. The summed E-state index contributed by atoms with van der Waals surface area (Å²) >= 11 is 0. The van der Waals surface area contributed by atoms with Crippen LogP contribution in [0.5, 0.6) is 11.5 Å². The van der Waals surface area contributed by atoms with Crippen molar-refractivity contribution in [2.24, 2.45) is 0 Å². The second kappa shape index (κ2) is 6.13. The molecule has 6 heteroatoms. The number of nitrogens with one attached hydrogen (secondary N) is 1. The Bertz CT molecular complexity index is 645. The quantitative estimate of drug-likeness (QED) is 0.733. The topological polar surface area (TPSA) is 95.9 Å². The van der Waals surface area contributed by atoms with Gasteiger partial charge in [0.05, 0.1) is 7.11 Å². The van der Waals surface area contributed by atoms with Crippen LogP contribution in [0.15, 0.2) is 35.7 Å². The number of allylic oxidation sites excluding steroid dienone is 2. The molecule has 0 radical (unpaired) electrons. The summed E-state index contributed by atoms with van der Waals surface area (Å²) in [6, 6.07) is 4.63. The highest BCUT2D eigenvalue weighted by atomic mass is 16.5. The van der Waals surface area contributed by atoms with Crippen LogP contribution in [0.2, 0.25) is 0 Å². The number of phenols is 1. The lowest BCUT2D eigenvalue weighted by molar-refractivity contribution is -0.119. The molecule has 1 aliphatic carbocycles. The fourth-order valence-corrected chi connectivity index (χ4v) is 1.92. The van der Waals surface area contributed by atoms with E-state index in [9.17, 15) is 19.8 Å². The summed E-state index contributed by atoms with van der Waals surface area (Å²) in [6.45, 7) is 0. The summed E-state index contributed by atoms with van der Waals surface area (Å²) < 4.78 is 4.96. The van der Waals surface area contributed by atoms with Gasteiger partial charge in [-0.1, -0.05) is 6.07 Å². The number of amides is 1. The summed E-state index contributed by atoms with van der Waals surface area (Å²) in [4.78, 5) is 23.1. The minimum atomic E-state index is -0.515. The lowest BCUT2D eigenvalue weighted by atomic mass is 10.2. The van der Waals surface area contributed by atoms with Gasteiger partial charge in [-0.25, -0.2) is 0 Å². The molecule has 0 aromatic heterocycles. The highest BCUT2D eigenvalue weighted by Crippen LogP contribution is 2.26. The zero-order valence-corrected chi connectivity index (χ0v) is 11.4. The van der Waals surface area contributed by atoms with Crippen molar-refractivity contribution in [2.45, 2.75) is 12.8 Å². The Kier molecular flexibility index (Phi) is 4.27. The van der Waals surface area contributed by atoms with E-state index < -0.39 is 5.91 Å². The molecule has 0 atom stereocenters. The summed E-state index contributed by atoms with van der Waals surface area (Å²) in [5.41, 5.74) is 0.615. The van der Waals surface area contributed by atoms with Crippen molar-refractivity contribution in [3.05, 3.63) is 41.3 Å². The van der Waals surface area contributed by atoms with Gasteiger partial charge in [0.15, 0.2) is 17.3 Å². The first-order valence-corrected chi connectivity index (χ1v) is 6.32. The minimum absolute atomic E-state index is 0.00531. The van der Waals surface area contributed by atoms with E-state index in [1.807, 2.05) is 0 Å². The Labute approximate surface area is 121 Å². The van der Waals surface area contributed by atoms with Gasteiger partial charge in [0, 0.05) is 18.9 Å².